The van der Waals surface area contributed by atoms with E-state index in [4.69, 9.17) is 9.47 Å². The first-order valence-corrected chi connectivity index (χ1v) is 11.0. The van der Waals surface area contributed by atoms with Crippen molar-refractivity contribution in [3.05, 3.63) is 29.6 Å². The van der Waals surface area contributed by atoms with E-state index in [0.29, 0.717) is 0 Å². The van der Waals surface area contributed by atoms with E-state index in [1.807, 2.05) is 0 Å². The second-order valence-corrected chi connectivity index (χ2v) is 10.3. The van der Waals surface area contributed by atoms with Crippen molar-refractivity contribution in [3.63, 3.8) is 0 Å². The lowest BCUT2D eigenvalue weighted by molar-refractivity contribution is -0.0974. The molecule has 1 aromatic carbocycles. The van der Waals surface area contributed by atoms with Gasteiger partial charge in [-0.2, -0.15) is 0 Å². The molecule has 1 aromatic rings. The summed E-state index contributed by atoms with van der Waals surface area (Å²) in [7, 11) is -4.67. The second kappa shape index (κ2) is 7.99. The van der Waals surface area contributed by atoms with Crippen LogP contribution in [0.15, 0.2) is 23.1 Å². The molecule has 1 fully saturated rings. The van der Waals surface area contributed by atoms with E-state index in [9.17, 15) is 26.0 Å². The Hall–Kier alpha value is -1.56. The van der Waals surface area contributed by atoms with Gasteiger partial charge >= 0.3 is 0 Å². The fraction of sp³-hybridized carbons (Fsp3) is 0.533. The van der Waals surface area contributed by atoms with Crippen molar-refractivity contribution in [1.82, 2.24) is 5.32 Å². The lowest BCUT2D eigenvalue weighted by Gasteiger charge is -2.15. The highest BCUT2D eigenvalue weighted by molar-refractivity contribution is 7.96. The topological polar surface area (TPSA) is 116 Å². The van der Waals surface area contributed by atoms with Gasteiger partial charge < -0.3 is 14.8 Å². The maximum atomic E-state index is 14.0. The average molecular weight is 409 g/mol. The summed E-state index contributed by atoms with van der Waals surface area (Å²) in [6, 6.07) is 2.81. The van der Waals surface area contributed by atoms with Crippen LogP contribution in [-0.4, -0.2) is 66.6 Å². The van der Waals surface area contributed by atoms with E-state index in [1.54, 1.807) is 0 Å². The number of ether oxygens (including phenoxy) is 2. The molecule has 1 N–H and O–H groups in total. The summed E-state index contributed by atoms with van der Waals surface area (Å²) >= 11 is 0. The zero-order valence-corrected chi connectivity index (χ0v) is 15.9. The number of sulfone groups is 2. The molecule has 1 atom stereocenters. The summed E-state index contributed by atoms with van der Waals surface area (Å²) in [4.78, 5) is 11.9. The molecule has 1 saturated heterocycles. The summed E-state index contributed by atoms with van der Waals surface area (Å²) in [5.74, 6) is -2.41. The number of carbonyl (C=O) groups excluding carboxylic acids is 1. The first-order valence-electron chi connectivity index (χ1n) is 7.68. The maximum Gasteiger partial charge on any atom is 0.254 e. The number of amides is 1. The SMILES string of the molecule is COC(CNC(=O)c1cc(S(=O)(=O)[C@@H]2CCS(=O)(=O)C2)ccc1F)OC. The van der Waals surface area contributed by atoms with Gasteiger partial charge in [-0.1, -0.05) is 0 Å². The Labute approximate surface area is 151 Å². The third-order valence-corrected chi connectivity index (χ3v) is 8.27. The highest BCUT2D eigenvalue weighted by atomic mass is 32.2. The van der Waals surface area contributed by atoms with Gasteiger partial charge in [-0.3, -0.25) is 4.79 Å². The summed E-state index contributed by atoms with van der Waals surface area (Å²) < 4.78 is 72.1. The quantitative estimate of drug-likeness (QED) is 0.503. The van der Waals surface area contributed by atoms with Crippen LogP contribution >= 0.6 is 0 Å². The van der Waals surface area contributed by atoms with Gasteiger partial charge in [-0.25, -0.2) is 21.2 Å². The van der Waals surface area contributed by atoms with Gasteiger partial charge in [0.1, 0.15) is 5.82 Å². The van der Waals surface area contributed by atoms with Gasteiger partial charge in [0.15, 0.2) is 26.0 Å². The van der Waals surface area contributed by atoms with Gasteiger partial charge in [0.2, 0.25) is 0 Å². The molecule has 0 radical (unpaired) electrons. The summed E-state index contributed by atoms with van der Waals surface area (Å²) in [5, 5.41) is 1.29. The number of hydrogen-bond acceptors (Lipinski definition) is 7. The minimum Gasteiger partial charge on any atom is -0.354 e. The number of halogens is 1. The van der Waals surface area contributed by atoms with Crippen molar-refractivity contribution in [3.8, 4) is 0 Å². The van der Waals surface area contributed by atoms with E-state index in [1.165, 1.54) is 14.2 Å². The summed E-state index contributed by atoms with van der Waals surface area (Å²) in [6.07, 6.45) is -0.759. The molecule has 0 aromatic heterocycles. The molecule has 1 heterocycles. The van der Waals surface area contributed by atoms with Crippen molar-refractivity contribution in [2.24, 2.45) is 0 Å². The largest absolute Gasteiger partial charge is 0.354 e. The number of rotatable bonds is 7. The molecular formula is C15H20FNO7S2. The monoisotopic (exact) mass is 409 g/mol. The smallest absolute Gasteiger partial charge is 0.254 e. The van der Waals surface area contributed by atoms with Crippen LogP contribution in [0, 0.1) is 5.82 Å². The van der Waals surface area contributed by atoms with Crippen molar-refractivity contribution < 1.29 is 35.5 Å². The van der Waals surface area contributed by atoms with Crippen LogP contribution in [0.3, 0.4) is 0 Å². The Balaban J connectivity index is 2.25. The Morgan fingerprint density at radius 2 is 2.00 bits per heavy atom. The highest BCUT2D eigenvalue weighted by Gasteiger charge is 2.38. The zero-order valence-electron chi connectivity index (χ0n) is 14.3. The van der Waals surface area contributed by atoms with Crippen LogP contribution in [0.2, 0.25) is 0 Å². The predicted molar refractivity (Wildman–Crippen MR) is 90.8 cm³/mol. The van der Waals surface area contributed by atoms with Crippen LogP contribution in [0.25, 0.3) is 0 Å². The molecule has 1 amide bonds. The summed E-state index contributed by atoms with van der Waals surface area (Å²) in [5.41, 5.74) is -0.460. The number of methoxy groups -OCH3 is 2. The molecule has 0 saturated carbocycles. The predicted octanol–water partition coefficient (Wildman–Crippen LogP) is 0.135. The minimum absolute atomic E-state index is 0.0209. The summed E-state index contributed by atoms with van der Waals surface area (Å²) in [6.45, 7) is -0.0663. The fourth-order valence-electron chi connectivity index (χ4n) is 2.59. The van der Waals surface area contributed by atoms with E-state index in [0.717, 1.165) is 18.2 Å². The van der Waals surface area contributed by atoms with Gasteiger partial charge in [-0.05, 0) is 24.6 Å². The average Bonchev–Trinajstić information content (AvgIpc) is 2.96. The van der Waals surface area contributed by atoms with Gasteiger partial charge in [0, 0.05) is 14.2 Å². The molecule has 0 bridgehead atoms. The highest BCUT2D eigenvalue weighted by Crippen LogP contribution is 2.26. The van der Waals surface area contributed by atoms with Crippen LogP contribution in [-0.2, 0) is 29.1 Å². The van der Waals surface area contributed by atoms with E-state index in [2.05, 4.69) is 5.32 Å². The molecule has 11 heteroatoms. The Kier molecular flexibility index (Phi) is 6.37. The van der Waals surface area contributed by atoms with Crippen LogP contribution in [0.4, 0.5) is 4.39 Å². The fourth-order valence-corrected chi connectivity index (χ4v) is 6.97. The van der Waals surface area contributed by atoms with E-state index >= 15 is 0 Å². The van der Waals surface area contributed by atoms with Gasteiger partial charge in [0.05, 0.1) is 33.8 Å². The molecule has 1 aliphatic rings. The van der Waals surface area contributed by atoms with Crippen molar-refractivity contribution >= 4 is 25.6 Å². The van der Waals surface area contributed by atoms with Crippen molar-refractivity contribution in [2.75, 3.05) is 32.3 Å². The Bertz CT molecular complexity index is 879. The van der Waals surface area contributed by atoms with Gasteiger partial charge in [-0.15, -0.1) is 0 Å². The number of nitrogens with one attached hydrogen (secondary N) is 1. The lowest BCUT2D eigenvalue weighted by Crippen LogP contribution is -2.34. The lowest BCUT2D eigenvalue weighted by atomic mass is 10.2. The number of carbonyl (C=O) groups is 1. The third kappa shape index (κ3) is 4.58. The number of hydrogen-bond donors (Lipinski definition) is 1. The maximum absolute atomic E-state index is 14.0. The molecule has 146 valence electrons. The Morgan fingerprint density at radius 3 is 2.54 bits per heavy atom. The molecule has 2 rings (SSSR count). The van der Waals surface area contributed by atoms with Crippen molar-refractivity contribution in [1.29, 1.82) is 0 Å². The number of benzene rings is 1. The second-order valence-electron chi connectivity index (χ2n) is 5.82. The van der Waals surface area contributed by atoms with E-state index < -0.39 is 54.3 Å². The first-order chi connectivity index (χ1) is 12.1. The van der Waals surface area contributed by atoms with E-state index in [-0.39, 0.29) is 23.6 Å². The molecule has 0 spiro atoms. The molecule has 8 nitrogen and oxygen atoms in total. The molecule has 0 aliphatic carbocycles. The van der Waals surface area contributed by atoms with Crippen LogP contribution < -0.4 is 5.32 Å². The zero-order chi connectivity index (χ0) is 19.5. The standard InChI is InChI=1S/C15H20FNO7S2/c1-23-14(24-2)8-17-15(18)12-7-10(3-4-13(12)16)26(21,22)11-5-6-25(19,20)9-11/h3-4,7,11,14H,5-6,8-9H2,1-2H3,(H,17,18)/t11-/m1/s1. The van der Waals surface area contributed by atoms with Gasteiger partial charge in [0.25, 0.3) is 5.91 Å². The Morgan fingerprint density at radius 1 is 1.35 bits per heavy atom. The minimum atomic E-state index is -4.00. The van der Waals surface area contributed by atoms with Crippen LogP contribution in [0.1, 0.15) is 16.8 Å². The van der Waals surface area contributed by atoms with Crippen molar-refractivity contribution in [2.45, 2.75) is 22.9 Å². The van der Waals surface area contributed by atoms with Crippen LogP contribution in [0.5, 0.6) is 0 Å². The molecule has 26 heavy (non-hydrogen) atoms. The molecule has 1 aliphatic heterocycles. The molecule has 0 unspecified atom stereocenters. The normalized spacial score (nSPS) is 19.6. The third-order valence-electron chi connectivity index (χ3n) is 4.10. The first kappa shape index (κ1) is 20.7. The molecular weight excluding hydrogens is 389 g/mol.